The number of hydrogen-bond acceptors (Lipinski definition) is 5. The lowest BCUT2D eigenvalue weighted by Crippen LogP contribution is -2.38. The normalized spacial score (nSPS) is 11.7. The second kappa shape index (κ2) is 17.9. The third kappa shape index (κ3) is 14.8. The van der Waals surface area contributed by atoms with Crippen LogP contribution in [-0.4, -0.2) is 45.8 Å². The van der Waals surface area contributed by atoms with E-state index in [2.05, 4.69) is 22.8 Å². The predicted molar refractivity (Wildman–Crippen MR) is 113 cm³/mol. The zero-order chi connectivity index (χ0) is 21.1. The van der Waals surface area contributed by atoms with E-state index in [-0.39, 0.29) is 0 Å². The van der Waals surface area contributed by atoms with Crippen molar-refractivity contribution in [2.24, 2.45) is 0 Å². The van der Waals surface area contributed by atoms with E-state index >= 15 is 0 Å². The number of nitrogens with one attached hydrogen (secondary N) is 2. The monoisotopic (exact) mass is 418 g/mol. The number of unbranched alkanes of at least 4 members (excludes halogenated alkanes) is 9. The minimum absolute atomic E-state index is 0.505. The van der Waals surface area contributed by atoms with Crippen LogP contribution >= 0.6 is 7.60 Å². The average Bonchev–Trinajstić information content (AvgIpc) is 2.72. The largest absolute Gasteiger partial charge is 0.351 e. The molecule has 0 saturated carbocycles. The van der Waals surface area contributed by atoms with Gasteiger partial charge in [-0.15, -0.1) is 0 Å². The lowest BCUT2D eigenvalue weighted by Gasteiger charge is -2.12. The summed E-state index contributed by atoms with van der Waals surface area (Å²) >= 11 is 0. The highest BCUT2D eigenvalue weighted by molar-refractivity contribution is 7.53. The molecular weight excluding hydrogens is 379 g/mol. The zero-order valence-electron chi connectivity index (χ0n) is 17.8. The fourth-order valence-electron chi connectivity index (χ4n) is 2.73. The molecule has 0 aromatic rings. The Morgan fingerprint density at radius 2 is 1.29 bits per heavy atom. The van der Waals surface area contributed by atoms with Crippen molar-refractivity contribution in [2.45, 2.75) is 70.6 Å². The third-order valence-corrected chi connectivity index (χ3v) is 6.52. The number of carbonyl (C=O) groups is 2. The summed E-state index contributed by atoms with van der Waals surface area (Å²) in [4.78, 5) is 22.2. The smallest absolute Gasteiger partial charge is 0.330 e. The Bertz CT molecular complexity index is 489. The molecule has 0 unspecified atom stereocenters. The van der Waals surface area contributed by atoms with Crippen molar-refractivity contribution in [1.29, 1.82) is 0 Å². The van der Waals surface area contributed by atoms with Crippen molar-refractivity contribution in [2.75, 3.05) is 34.0 Å². The molecule has 8 heteroatoms. The van der Waals surface area contributed by atoms with E-state index in [0.717, 1.165) is 38.5 Å². The maximum Gasteiger partial charge on any atom is 0.330 e. The van der Waals surface area contributed by atoms with Gasteiger partial charge in [-0.1, -0.05) is 44.3 Å². The first kappa shape index (κ1) is 26.8. The van der Waals surface area contributed by atoms with Gasteiger partial charge in [0.25, 0.3) is 0 Å². The third-order valence-electron chi connectivity index (χ3n) is 4.54. The lowest BCUT2D eigenvalue weighted by molar-refractivity contribution is -0.138. The summed E-state index contributed by atoms with van der Waals surface area (Å²) in [6.07, 6.45) is 17.0. The Labute approximate surface area is 170 Å². The molecule has 0 aliphatic rings. The fraction of sp³-hybridized carbons (Fsp3) is 0.800. The second-order valence-electron chi connectivity index (χ2n) is 6.77. The number of allylic oxidation sites excluding steroid dienone is 2. The molecular formula is C20H39N2O5P. The highest BCUT2D eigenvalue weighted by Crippen LogP contribution is 2.47. The van der Waals surface area contributed by atoms with Crippen LogP contribution in [0.25, 0.3) is 0 Å². The van der Waals surface area contributed by atoms with Gasteiger partial charge in [-0.2, -0.15) is 0 Å². The molecule has 0 heterocycles. The van der Waals surface area contributed by atoms with Crippen molar-refractivity contribution in [1.82, 2.24) is 10.6 Å². The van der Waals surface area contributed by atoms with Gasteiger partial charge in [-0.25, -0.2) is 0 Å². The number of likely N-dealkylation sites (N-methyl/N-ethyl adjacent to an activating group) is 1. The van der Waals surface area contributed by atoms with Gasteiger partial charge in [0.05, 0.1) is 6.16 Å². The van der Waals surface area contributed by atoms with Gasteiger partial charge < -0.3 is 19.7 Å². The Morgan fingerprint density at radius 1 is 0.786 bits per heavy atom. The highest BCUT2D eigenvalue weighted by atomic mass is 31.2. The van der Waals surface area contributed by atoms with Crippen molar-refractivity contribution < 1.29 is 23.2 Å². The summed E-state index contributed by atoms with van der Waals surface area (Å²) < 4.78 is 21.7. The minimum Gasteiger partial charge on any atom is -0.351 e. The maximum atomic E-state index is 11.9. The number of amides is 2. The molecule has 0 fully saturated rings. The number of rotatable bonds is 17. The molecule has 0 aliphatic carbocycles. The van der Waals surface area contributed by atoms with Crippen LogP contribution in [0, 0.1) is 0 Å². The molecule has 0 spiro atoms. The van der Waals surface area contributed by atoms with Crippen molar-refractivity contribution in [3.05, 3.63) is 12.2 Å². The van der Waals surface area contributed by atoms with Crippen LogP contribution in [0.15, 0.2) is 12.2 Å². The summed E-state index contributed by atoms with van der Waals surface area (Å²) in [5, 5.41) is 4.88. The average molecular weight is 419 g/mol. The highest BCUT2D eigenvalue weighted by Gasteiger charge is 2.19. The molecule has 2 N–H and O–H groups in total. The van der Waals surface area contributed by atoms with Gasteiger partial charge >= 0.3 is 19.4 Å². The molecule has 0 saturated heterocycles. The minimum atomic E-state index is -2.82. The van der Waals surface area contributed by atoms with Crippen molar-refractivity contribution in [3.8, 4) is 0 Å². The molecule has 164 valence electrons. The Morgan fingerprint density at radius 3 is 1.82 bits per heavy atom. The molecule has 7 nitrogen and oxygen atoms in total. The molecule has 0 aliphatic heterocycles. The lowest BCUT2D eigenvalue weighted by atomic mass is 10.1. The number of hydrogen-bond donors (Lipinski definition) is 2. The Balaban J connectivity index is 3.35. The first-order valence-corrected chi connectivity index (χ1v) is 12.1. The quantitative estimate of drug-likeness (QED) is 0.160. The molecule has 0 bridgehead atoms. The number of carbonyl (C=O) groups excluding carboxylic acids is 2. The van der Waals surface area contributed by atoms with Crippen LogP contribution in [-0.2, 0) is 23.2 Å². The summed E-state index contributed by atoms with van der Waals surface area (Å²) in [6.45, 7) is 0.536. The van der Waals surface area contributed by atoms with E-state index in [4.69, 9.17) is 9.05 Å². The van der Waals surface area contributed by atoms with Gasteiger partial charge in [0.2, 0.25) is 0 Å². The molecule has 0 rings (SSSR count). The summed E-state index contributed by atoms with van der Waals surface area (Å²) in [5.74, 6) is -1.16. The van der Waals surface area contributed by atoms with Crippen molar-refractivity contribution in [3.63, 3.8) is 0 Å². The van der Waals surface area contributed by atoms with Gasteiger partial charge in [-0.3, -0.25) is 14.2 Å². The summed E-state index contributed by atoms with van der Waals surface area (Å²) in [5.41, 5.74) is 0. The van der Waals surface area contributed by atoms with Crippen LogP contribution < -0.4 is 10.6 Å². The zero-order valence-corrected chi connectivity index (χ0v) is 18.7. The van der Waals surface area contributed by atoms with Crippen LogP contribution in [0.1, 0.15) is 70.6 Å². The van der Waals surface area contributed by atoms with Crippen LogP contribution in [0.4, 0.5) is 0 Å². The fourth-order valence-corrected chi connectivity index (χ4v) is 3.85. The Hall–Kier alpha value is -1.17. The summed E-state index contributed by atoms with van der Waals surface area (Å²) in [7, 11) is 1.50. The van der Waals surface area contributed by atoms with E-state index < -0.39 is 19.4 Å². The summed E-state index contributed by atoms with van der Waals surface area (Å²) in [6, 6.07) is 0. The van der Waals surface area contributed by atoms with Crippen LogP contribution in [0.5, 0.6) is 0 Å². The van der Waals surface area contributed by atoms with E-state index in [1.165, 1.54) is 53.4 Å². The Kier molecular flexibility index (Phi) is 17.1. The van der Waals surface area contributed by atoms with Crippen molar-refractivity contribution >= 4 is 19.4 Å². The van der Waals surface area contributed by atoms with E-state index in [0.29, 0.717) is 12.7 Å². The van der Waals surface area contributed by atoms with E-state index in [9.17, 15) is 14.2 Å². The van der Waals surface area contributed by atoms with Gasteiger partial charge in [0, 0.05) is 27.8 Å². The first-order chi connectivity index (χ1) is 13.5. The van der Waals surface area contributed by atoms with Crippen LogP contribution in [0.3, 0.4) is 0 Å². The molecule has 0 atom stereocenters. The van der Waals surface area contributed by atoms with E-state index in [1.807, 2.05) is 0 Å². The van der Waals surface area contributed by atoms with Crippen LogP contribution in [0.2, 0.25) is 0 Å². The predicted octanol–water partition coefficient (Wildman–Crippen LogP) is 4.18. The second-order valence-corrected chi connectivity index (χ2v) is 9.16. The van der Waals surface area contributed by atoms with E-state index in [1.54, 1.807) is 0 Å². The molecule has 28 heavy (non-hydrogen) atoms. The molecule has 0 aromatic carbocycles. The van der Waals surface area contributed by atoms with Gasteiger partial charge in [0.1, 0.15) is 0 Å². The molecule has 0 aromatic heterocycles. The molecule has 0 radical (unpaired) electrons. The SMILES string of the molecule is CNC(=O)C(=O)NCCCC/C=C\CCCCCCCCCP(=O)(OC)OC. The molecule has 2 amide bonds. The first-order valence-electron chi connectivity index (χ1n) is 10.3. The van der Waals surface area contributed by atoms with Gasteiger partial charge in [0.15, 0.2) is 0 Å². The standard InChI is InChI=1S/C20H39N2O5P/c1-21-19(23)20(24)22-17-15-13-11-9-7-5-4-6-8-10-12-14-16-18-28(25,26-2)27-3/h7,9H,4-6,8,10-18H2,1-3H3,(H,21,23)(H,22,24)/b9-7-. The maximum absolute atomic E-state index is 11.9. The van der Waals surface area contributed by atoms with Gasteiger partial charge in [-0.05, 0) is 38.5 Å². The topological polar surface area (TPSA) is 93.7 Å².